The predicted octanol–water partition coefficient (Wildman–Crippen LogP) is 1.94. The Balaban J connectivity index is 1.40. The Hall–Kier alpha value is -3.62. The van der Waals surface area contributed by atoms with E-state index in [9.17, 15) is 19.5 Å². The van der Waals surface area contributed by atoms with E-state index in [4.69, 9.17) is 4.74 Å². The Morgan fingerprint density at radius 3 is 2.79 bits per heavy atom. The van der Waals surface area contributed by atoms with Gasteiger partial charge in [-0.05, 0) is 67.8 Å². The normalized spacial score (nSPS) is 22.8. The molecule has 0 spiro atoms. The van der Waals surface area contributed by atoms with Crippen LogP contribution < -0.4 is 10.6 Å². The molecule has 3 heterocycles. The number of hydrogen-bond donors (Lipinski definition) is 3. The minimum atomic E-state index is -1.22. The second kappa shape index (κ2) is 9.32. The molecule has 0 aliphatic carbocycles. The highest BCUT2D eigenvalue weighted by Gasteiger charge is 2.49. The number of rotatable bonds is 6. The molecule has 2 saturated heterocycles. The van der Waals surface area contributed by atoms with E-state index in [1.165, 1.54) is 12.1 Å². The lowest BCUT2D eigenvalue weighted by atomic mass is 9.93. The SMILES string of the molecule is O=C(NC(Cc1ccc(O)cc1)C(=O)C1OC2CCCNC2C1=O)c1ccc2ncccc2c1. The van der Waals surface area contributed by atoms with Crippen molar-refractivity contribution in [2.75, 3.05) is 6.54 Å². The highest BCUT2D eigenvalue weighted by Crippen LogP contribution is 2.26. The number of aromatic hydroxyl groups is 1. The summed E-state index contributed by atoms with van der Waals surface area (Å²) in [5.41, 5.74) is 1.88. The molecule has 4 unspecified atom stereocenters. The molecule has 2 fully saturated rings. The van der Waals surface area contributed by atoms with Crippen molar-refractivity contribution in [3.63, 3.8) is 0 Å². The third kappa shape index (κ3) is 4.42. The van der Waals surface area contributed by atoms with Gasteiger partial charge in [0.15, 0.2) is 17.7 Å². The van der Waals surface area contributed by atoms with Gasteiger partial charge in [-0.15, -0.1) is 0 Å². The first kappa shape index (κ1) is 22.2. The number of pyridine rings is 1. The van der Waals surface area contributed by atoms with E-state index in [0.29, 0.717) is 18.5 Å². The highest BCUT2D eigenvalue weighted by atomic mass is 16.5. The van der Waals surface area contributed by atoms with E-state index in [0.717, 1.165) is 22.9 Å². The fourth-order valence-electron chi connectivity index (χ4n) is 4.63. The summed E-state index contributed by atoms with van der Waals surface area (Å²) >= 11 is 0. The lowest BCUT2D eigenvalue weighted by Gasteiger charge is -2.23. The largest absolute Gasteiger partial charge is 0.508 e. The van der Waals surface area contributed by atoms with Gasteiger partial charge in [-0.25, -0.2) is 0 Å². The number of carbonyl (C=O) groups is 3. The molecular weight excluding hydrogens is 434 g/mol. The molecule has 2 aromatic carbocycles. The van der Waals surface area contributed by atoms with Gasteiger partial charge < -0.3 is 20.5 Å². The van der Waals surface area contributed by atoms with Gasteiger partial charge in [0.25, 0.3) is 5.91 Å². The van der Waals surface area contributed by atoms with Crippen molar-refractivity contribution in [3.05, 3.63) is 71.9 Å². The summed E-state index contributed by atoms with van der Waals surface area (Å²) in [6, 6.07) is 13.7. The fourth-order valence-corrected chi connectivity index (χ4v) is 4.63. The van der Waals surface area contributed by atoms with Crippen molar-refractivity contribution in [2.45, 2.75) is 43.6 Å². The Morgan fingerprint density at radius 1 is 1.18 bits per heavy atom. The molecule has 8 nitrogen and oxygen atoms in total. The standard InChI is InChI=1S/C26H25N3O5/c30-18-8-5-15(6-9-18)13-20(23(31)25-24(32)22-21(34-25)4-2-12-28-22)29-26(33)17-7-10-19-16(14-17)3-1-11-27-19/h1,3,5-11,14,20-22,25,28,30H,2,4,12-13H2,(H,29,33). The smallest absolute Gasteiger partial charge is 0.251 e. The van der Waals surface area contributed by atoms with Crippen molar-refractivity contribution in [1.29, 1.82) is 0 Å². The van der Waals surface area contributed by atoms with Crippen LogP contribution in [0.2, 0.25) is 0 Å². The van der Waals surface area contributed by atoms with Gasteiger partial charge in [-0.3, -0.25) is 19.4 Å². The van der Waals surface area contributed by atoms with Crippen LogP contribution in [0.5, 0.6) is 5.75 Å². The van der Waals surface area contributed by atoms with Crippen LogP contribution in [0, 0.1) is 0 Å². The molecule has 3 aromatic rings. The molecule has 0 saturated carbocycles. The second-order valence-electron chi connectivity index (χ2n) is 8.74. The summed E-state index contributed by atoms with van der Waals surface area (Å²) in [5.74, 6) is -1.07. The molecule has 2 aliphatic rings. The molecule has 1 aromatic heterocycles. The molecule has 34 heavy (non-hydrogen) atoms. The number of fused-ring (bicyclic) bond motifs is 2. The van der Waals surface area contributed by atoms with Crippen molar-refractivity contribution < 1.29 is 24.2 Å². The van der Waals surface area contributed by atoms with Gasteiger partial charge in [-0.2, -0.15) is 0 Å². The van der Waals surface area contributed by atoms with Gasteiger partial charge in [0.2, 0.25) is 0 Å². The minimum absolute atomic E-state index is 0.102. The molecule has 8 heteroatoms. The molecule has 2 aliphatic heterocycles. The topological polar surface area (TPSA) is 118 Å². The van der Waals surface area contributed by atoms with Gasteiger partial charge in [0, 0.05) is 17.1 Å². The first-order valence-corrected chi connectivity index (χ1v) is 11.4. The fraction of sp³-hybridized carbons (Fsp3) is 0.308. The lowest BCUT2D eigenvalue weighted by Crippen LogP contribution is -2.50. The van der Waals surface area contributed by atoms with Gasteiger partial charge in [0.1, 0.15) is 5.75 Å². The van der Waals surface area contributed by atoms with E-state index in [1.807, 2.05) is 6.07 Å². The third-order valence-electron chi connectivity index (χ3n) is 6.43. The molecule has 0 bridgehead atoms. The number of ether oxygens (including phenoxy) is 1. The van der Waals surface area contributed by atoms with E-state index >= 15 is 0 Å². The lowest BCUT2D eigenvalue weighted by molar-refractivity contribution is -0.138. The summed E-state index contributed by atoms with van der Waals surface area (Å²) in [6.45, 7) is 0.710. The number of ketones is 2. The summed E-state index contributed by atoms with van der Waals surface area (Å²) in [6.07, 6.45) is 1.89. The van der Waals surface area contributed by atoms with Crippen LogP contribution in [-0.2, 0) is 20.7 Å². The average Bonchev–Trinajstić information content (AvgIpc) is 3.20. The number of Topliss-reactive ketones (excluding diaryl/α,β-unsaturated/α-hetero) is 2. The van der Waals surface area contributed by atoms with E-state index in [1.54, 1.807) is 42.6 Å². The molecule has 174 valence electrons. The number of piperidine rings is 1. The first-order valence-electron chi connectivity index (χ1n) is 11.4. The Labute approximate surface area is 196 Å². The van der Waals surface area contributed by atoms with Gasteiger partial charge in [-0.1, -0.05) is 18.2 Å². The Bertz CT molecular complexity index is 1240. The highest BCUT2D eigenvalue weighted by molar-refractivity contribution is 6.12. The number of nitrogens with one attached hydrogen (secondary N) is 2. The van der Waals surface area contributed by atoms with Crippen LogP contribution in [0.3, 0.4) is 0 Å². The van der Waals surface area contributed by atoms with Crippen LogP contribution in [0.1, 0.15) is 28.8 Å². The zero-order valence-electron chi connectivity index (χ0n) is 18.4. The molecule has 0 radical (unpaired) electrons. The zero-order chi connectivity index (χ0) is 23.7. The van der Waals surface area contributed by atoms with Crippen molar-refractivity contribution in [3.8, 4) is 5.75 Å². The number of phenolic OH excluding ortho intramolecular Hbond substituents is 1. The second-order valence-corrected chi connectivity index (χ2v) is 8.74. The van der Waals surface area contributed by atoms with E-state index in [2.05, 4.69) is 15.6 Å². The van der Waals surface area contributed by atoms with Crippen molar-refractivity contribution in [1.82, 2.24) is 15.6 Å². The molecule has 3 N–H and O–H groups in total. The summed E-state index contributed by atoms with van der Waals surface area (Å²) in [4.78, 5) is 43.8. The minimum Gasteiger partial charge on any atom is -0.508 e. The summed E-state index contributed by atoms with van der Waals surface area (Å²) in [7, 11) is 0. The maximum atomic E-state index is 13.5. The quantitative estimate of drug-likeness (QED) is 0.482. The average molecular weight is 460 g/mol. The predicted molar refractivity (Wildman–Crippen MR) is 125 cm³/mol. The van der Waals surface area contributed by atoms with Crippen LogP contribution >= 0.6 is 0 Å². The van der Waals surface area contributed by atoms with Crippen molar-refractivity contribution >= 4 is 28.4 Å². The van der Waals surface area contributed by atoms with Crippen molar-refractivity contribution in [2.24, 2.45) is 0 Å². The Kier molecular flexibility index (Phi) is 6.08. The number of amides is 1. The number of aromatic nitrogens is 1. The van der Waals surface area contributed by atoms with E-state index in [-0.39, 0.29) is 24.1 Å². The summed E-state index contributed by atoms with van der Waals surface area (Å²) < 4.78 is 5.86. The molecule has 4 atom stereocenters. The maximum Gasteiger partial charge on any atom is 0.251 e. The Morgan fingerprint density at radius 2 is 2.00 bits per heavy atom. The molecule has 5 rings (SSSR count). The number of hydrogen-bond acceptors (Lipinski definition) is 7. The maximum absolute atomic E-state index is 13.5. The number of phenols is 1. The van der Waals surface area contributed by atoms with Gasteiger partial charge >= 0.3 is 0 Å². The number of benzene rings is 2. The monoisotopic (exact) mass is 459 g/mol. The third-order valence-corrected chi connectivity index (χ3v) is 6.43. The molecule has 1 amide bonds. The van der Waals surface area contributed by atoms with Crippen LogP contribution in [-0.4, -0.2) is 58.4 Å². The number of carbonyl (C=O) groups excluding carboxylic acids is 3. The van der Waals surface area contributed by atoms with E-state index < -0.39 is 29.9 Å². The summed E-state index contributed by atoms with van der Waals surface area (Å²) in [5, 5.41) is 16.4. The van der Waals surface area contributed by atoms with Crippen LogP contribution in [0.25, 0.3) is 10.9 Å². The van der Waals surface area contributed by atoms with Crippen LogP contribution in [0.15, 0.2) is 60.8 Å². The number of nitrogens with zero attached hydrogens (tertiary/aromatic N) is 1. The zero-order valence-corrected chi connectivity index (χ0v) is 18.4. The first-order chi connectivity index (χ1) is 16.5. The van der Waals surface area contributed by atoms with Gasteiger partial charge in [0.05, 0.1) is 23.7 Å². The van der Waals surface area contributed by atoms with Crippen LogP contribution in [0.4, 0.5) is 0 Å². The molecular formula is C26H25N3O5.